The van der Waals surface area contributed by atoms with Gasteiger partial charge in [-0.25, -0.2) is 0 Å². The molecular weight excluding hydrogens is 214 g/mol. The van der Waals surface area contributed by atoms with Crippen LogP contribution in [0.4, 0.5) is 0 Å². The molecule has 0 spiro atoms. The summed E-state index contributed by atoms with van der Waals surface area (Å²) in [6.45, 7) is 4.27. The first-order chi connectivity index (χ1) is 7.20. The molecule has 6 nitrogen and oxygen atoms in total. The van der Waals surface area contributed by atoms with Crippen LogP contribution in [0.5, 0.6) is 0 Å². The topological polar surface area (TPSA) is 72.5 Å². The van der Waals surface area contributed by atoms with Crippen molar-refractivity contribution in [3.63, 3.8) is 0 Å². The maximum Gasteiger partial charge on any atom is 0.246 e. The zero-order chi connectivity index (χ0) is 10.8. The fourth-order valence-corrected chi connectivity index (χ4v) is 1.54. The number of nitrogens with one attached hydrogen (secondary N) is 1. The highest BCUT2D eigenvalue weighted by molar-refractivity contribution is 7.71. The molecule has 0 saturated heterocycles. The maximum absolute atomic E-state index is 5.10. The van der Waals surface area contributed by atoms with Crippen molar-refractivity contribution in [2.75, 3.05) is 0 Å². The van der Waals surface area contributed by atoms with Crippen molar-refractivity contribution in [3.05, 3.63) is 22.3 Å². The summed E-state index contributed by atoms with van der Waals surface area (Å²) in [6, 6.07) is 0. The van der Waals surface area contributed by atoms with Crippen molar-refractivity contribution >= 4 is 12.2 Å². The van der Waals surface area contributed by atoms with Gasteiger partial charge in [0.2, 0.25) is 5.89 Å². The summed E-state index contributed by atoms with van der Waals surface area (Å²) in [7, 11) is 0. The van der Waals surface area contributed by atoms with Gasteiger partial charge in [0, 0.05) is 6.42 Å². The van der Waals surface area contributed by atoms with Crippen LogP contribution >= 0.6 is 12.2 Å². The minimum atomic E-state index is 0.472. The first-order valence-electron chi connectivity index (χ1n) is 4.64. The third-order valence-electron chi connectivity index (χ3n) is 2.02. The Hall–Kier alpha value is -1.50. The van der Waals surface area contributed by atoms with Crippen LogP contribution in [-0.4, -0.2) is 24.9 Å². The Morgan fingerprint density at radius 3 is 2.93 bits per heavy atom. The lowest BCUT2D eigenvalue weighted by atomic mass is 10.4. The highest BCUT2D eigenvalue weighted by atomic mass is 32.1. The third kappa shape index (κ3) is 1.96. The number of aromatic nitrogens is 5. The summed E-state index contributed by atoms with van der Waals surface area (Å²) in [6.07, 6.45) is 0.806. The Balaban J connectivity index is 2.31. The monoisotopic (exact) mass is 225 g/mol. The molecule has 2 heterocycles. The molecule has 1 N–H and O–H groups in total. The second-order valence-corrected chi connectivity index (χ2v) is 3.51. The molecule has 0 radical (unpaired) electrons. The van der Waals surface area contributed by atoms with Gasteiger partial charge in [0.15, 0.2) is 10.6 Å². The van der Waals surface area contributed by atoms with Crippen molar-refractivity contribution in [2.24, 2.45) is 0 Å². The van der Waals surface area contributed by atoms with E-state index in [1.807, 2.05) is 11.5 Å². The predicted octanol–water partition coefficient (Wildman–Crippen LogP) is 1.24. The van der Waals surface area contributed by atoms with E-state index in [1.165, 1.54) is 0 Å². The molecule has 0 aromatic carbocycles. The van der Waals surface area contributed by atoms with Gasteiger partial charge in [0.1, 0.15) is 12.4 Å². The van der Waals surface area contributed by atoms with Gasteiger partial charge in [0.05, 0.1) is 0 Å². The van der Waals surface area contributed by atoms with E-state index in [9.17, 15) is 0 Å². The number of hydrogen-bond donors (Lipinski definition) is 1. The molecule has 2 rings (SSSR count). The van der Waals surface area contributed by atoms with E-state index < -0.39 is 0 Å². The van der Waals surface area contributed by atoms with Crippen LogP contribution in [0.1, 0.15) is 24.5 Å². The summed E-state index contributed by atoms with van der Waals surface area (Å²) >= 11 is 5.10. The minimum Gasteiger partial charge on any atom is -0.337 e. The molecule has 0 fully saturated rings. The van der Waals surface area contributed by atoms with Gasteiger partial charge in [-0.1, -0.05) is 12.1 Å². The Bertz CT molecular complexity index is 511. The summed E-state index contributed by atoms with van der Waals surface area (Å²) in [5, 5.41) is 10.6. The number of H-pyrrole nitrogens is 1. The largest absolute Gasteiger partial charge is 0.337 e. The third-order valence-corrected chi connectivity index (χ3v) is 2.33. The highest BCUT2D eigenvalue weighted by Crippen LogP contribution is 2.04. The molecule has 0 aliphatic carbocycles. The minimum absolute atomic E-state index is 0.472. The van der Waals surface area contributed by atoms with Crippen LogP contribution < -0.4 is 0 Å². The number of hydrogen-bond acceptors (Lipinski definition) is 5. The molecule has 0 aliphatic rings. The molecule has 0 unspecified atom stereocenters. The van der Waals surface area contributed by atoms with Gasteiger partial charge in [0.25, 0.3) is 0 Å². The highest BCUT2D eigenvalue weighted by Gasteiger charge is 2.08. The molecule has 0 amide bonds. The van der Waals surface area contributed by atoms with Gasteiger partial charge in [-0.05, 0) is 19.1 Å². The van der Waals surface area contributed by atoms with Crippen molar-refractivity contribution < 1.29 is 4.52 Å². The Labute approximate surface area is 91.3 Å². The molecule has 0 bridgehead atoms. The van der Waals surface area contributed by atoms with Gasteiger partial charge >= 0.3 is 0 Å². The van der Waals surface area contributed by atoms with Crippen LogP contribution in [0.25, 0.3) is 0 Å². The molecule has 80 valence electrons. The standard InChI is InChI=1S/C8H11N5OS/c1-3-6-10-11-8(15)13(6)4-7-9-5(2)12-14-7/h3-4H2,1-2H3,(H,11,15). The van der Waals surface area contributed by atoms with Gasteiger partial charge in [-0.3, -0.25) is 9.67 Å². The lowest BCUT2D eigenvalue weighted by Crippen LogP contribution is -2.04. The Morgan fingerprint density at radius 1 is 1.53 bits per heavy atom. The van der Waals surface area contributed by atoms with Crippen LogP contribution in [0, 0.1) is 11.7 Å². The van der Waals surface area contributed by atoms with Crippen molar-refractivity contribution in [1.29, 1.82) is 0 Å². The summed E-state index contributed by atoms with van der Waals surface area (Å²) in [5.74, 6) is 2.05. The maximum atomic E-state index is 5.10. The van der Waals surface area contributed by atoms with Crippen molar-refractivity contribution in [2.45, 2.75) is 26.8 Å². The van der Waals surface area contributed by atoms with E-state index in [0.29, 0.717) is 23.0 Å². The molecule has 7 heteroatoms. The molecule has 15 heavy (non-hydrogen) atoms. The second-order valence-electron chi connectivity index (χ2n) is 3.12. The number of aromatic amines is 1. The smallest absolute Gasteiger partial charge is 0.246 e. The van der Waals surface area contributed by atoms with Crippen LogP contribution in [0.3, 0.4) is 0 Å². The molecule has 2 aromatic heterocycles. The Kier molecular flexibility index (Phi) is 2.63. The van der Waals surface area contributed by atoms with E-state index in [2.05, 4.69) is 20.3 Å². The zero-order valence-corrected chi connectivity index (χ0v) is 9.34. The van der Waals surface area contributed by atoms with E-state index >= 15 is 0 Å². The van der Waals surface area contributed by atoms with Crippen LogP contribution in [0.2, 0.25) is 0 Å². The average Bonchev–Trinajstić information content (AvgIpc) is 2.76. The lowest BCUT2D eigenvalue weighted by molar-refractivity contribution is 0.365. The zero-order valence-electron chi connectivity index (χ0n) is 8.52. The second kappa shape index (κ2) is 3.93. The molecule has 0 aliphatic heterocycles. The van der Waals surface area contributed by atoms with E-state index in [-0.39, 0.29) is 0 Å². The first kappa shape index (κ1) is 10.0. The van der Waals surface area contributed by atoms with E-state index in [1.54, 1.807) is 6.92 Å². The summed E-state index contributed by atoms with van der Waals surface area (Å²) in [5.41, 5.74) is 0. The predicted molar refractivity (Wildman–Crippen MR) is 54.9 cm³/mol. The van der Waals surface area contributed by atoms with Crippen LogP contribution in [0.15, 0.2) is 4.52 Å². The quantitative estimate of drug-likeness (QED) is 0.796. The molecule has 0 saturated carbocycles. The van der Waals surface area contributed by atoms with Crippen molar-refractivity contribution in [3.8, 4) is 0 Å². The number of rotatable bonds is 3. The molecule has 0 atom stereocenters. The van der Waals surface area contributed by atoms with Gasteiger partial charge < -0.3 is 4.52 Å². The summed E-state index contributed by atoms with van der Waals surface area (Å²) < 4.78 is 7.44. The fraction of sp³-hybridized carbons (Fsp3) is 0.500. The number of aryl methyl sites for hydroxylation is 2. The average molecular weight is 225 g/mol. The van der Waals surface area contributed by atoms with E-state index in [4.69, 9.17) is 16.7 Å². The lowest BCUT2D eigenvalue weighted by Gasteiger charge is -1.99. The van der Waals surface area contributed by atoms with Crippen LogP contribution in [-0.2, 0) is 13.0 Å². The summed E-state index contributed by atoms with van der Waals surface area (Å²) in [4.78, 5) is 4.12. The van der Waals surface area contributed by atoms with E-state index in [0.717, 1.165) is 12.2 Å². The molecular formula is C8H11N5OS. The normalized spacial score (nSPS) is 10.8. The SMILES string of the molecule is CCc1n[nH]c(=S)n1Cc1nc(C)no1. The van der Waals surface area contributed by atoms with Gasteiger partial charge in [-0.2, -0.15) is 10.1 Å². The first-order valence-corrected chi connectivity index (χ1v) is 5.04. The number of nitrogens with zero attached hydrogens (tertiary/aromatic N) is 4. The molecule has 2 aromatic rings. The fourth-order valence-electron chi connectivity index (χ4n) is 1.32. The van der Waals surface area contributed by atoms with Crippen molar-refractivity contribution in [1.82, 2.24) is 24.9 Å². The van der Waals surface area contributed by atoms with Gasteiger partial charge in [-0.15, -0.1) is 0 Å². The Morgan fingerprint density at radius 2 is 2.33 bits per heavy atom.